The molecule has 1 aliphatic heterocycles. The summed E-state index contributed by atoms with van der Waals surface area (Å²) in [5, 5.41) is 0. The minimum Gasteiger partial charge on any atom is -0.489 e. The van der Waals surface area contributed by atoms with Crippen LogP contribution in [-0.4, -0.2) is 34.1 Å². The summed E-state index contributed by atoms with van der Waals surface area (Å²) in [6.07, 6.45) is 6.01. The summed E-state index contributed by atoms with van der Waals surface area (Å²) in [6.45, 7) is 4.34. The minimum atomic E-state index is 0.341. The summed E-state index contributed by atoms with van der Waals surface area (Å²) in [4.78, 5) is 9.61. The lowest BCUT2D eigenvalue weighted by molar-refractivity contribution is -0.00511. The van der Waals surface area contributed by atoms with Crippen LogP contribution in [0.25, 0.3) is 0 Å². The van der Waals surface area contributed by atoms with E-state index in [0.717, 1.165) is 43.9 Å². The molecule has 146 valence electrons. The van der Waals surface area contributed by atoms with Crippen molar-refractivity contribution in [2.45, 2.75) is 38.7 Å². The average Bonchev–Trinajstić information content (AvgIpc) is 3.27. The number of aromatic nitrogens is 2. The molecule has 0 bridgehead atoms. The molecule has 1 fully saturated rings. The first-order chi connectivity index (χ1) is 13.8. The SMILES string of the molecule is c1ccc(COc2ccc(CN3CCC(OCc4cnc[nH]4)CC3)cc2)cc1. The van der Waals surface area contributed by atoms with Gasteiger partial charge in [0, 0.05) is 19.6 Å². The lowest BCUT2D eigenvalue weighted by Gasteiger charge is -2.31. The molecular formula is C23H27N3O2. The second-order valence-electron chi connectivity index (χ2n) is 7.28. The van der Waals surface area contributed by atoms with Crippen LogP contribution in [-0.2, 0) is 24.5 Å². The first-order valence-electron chi connectivity index (χ1n) is 9.92. The van der Waals surface area contributed by atoms with Gasteiger partial charge < -0.3 is 14.5 Å². The van der Waals surface area contributed by atoms with Crippen LogP contribution in [0, 0.1) is 0 Å². The number of hydrogen-bond donors (Lipinski definition) is 1. The van der Waals surface area contributed by atoms with Gasteiger partial charge in [-0.3, -0.25) is 4.90 Å². The molecule has 0 aliphatic carbocycles. The smallest absolute Gasteiger partial charge is 0.119 e. The van der Waals surface area contributed by atoms with Gasteiger partial charge in [0.15, 0.2) is 0 Å². The number of nitrogens with one attached hydrogen (secondary N) is 1. The maximum atomic E-state index is 5.99. The molecule has 1 saturated heterocycles. The molecule has 2 heterocycles. The monoisotopic (exact) mass is 377 g/mol. The van der Waals surface area contributed by atoms with Gasteiger partial charge in [-0.15, -0.1) is 0 Å². The molecule has 0 amide bonds. The molecule has 28 heavy (non-hydrogen) atoms. The number of rotatable bonds is 8. The fourth-order valence-electron chi connectivity index (χ4n) is 3.50. The molecule has 1 aliphatic rings. The van der Waals surface area contributed by atoms with E-state index in [-0.39, 0.29) is 0 Å². The largest absolute Gasteiger partial charge is 0.489 e. The third-order valence-electron chi connectivity index (χ3n) is 5.14. The van der Waals surface area contributed by atoms with E-state index in [2.05, 4.69) is 51.3 Å². The van der Waals surface area contributed by atoms with Crippen LogP contribution in [0.3, 0.4) is 0 Å². The Morgan fingerprint density at radius 3 is 2.43 bits per heavy atom. The van der Waals surface area contributed by atoms with E-state index >= 15 is 0 Å². The van der Waals surface area contributed by atoms with Crippen molar-refractivity contribution in [2.75, 3.05) is 13.1 Å². The van der Waals surface area contributed by atoms with Gasteiger partial charge in [0.05, 0.1) is 30.9 Å². The Labute approximate surface area is 166 Å². The molecule has 4 rings (SSSR count). The van der Waals surface area contributed by atoms with Gasteiger partial charge in [-0.05, 0) is 36.1 Å². The minimum absolute atomic E-state index is 0.341. The number of imidazole rings is 1. The number of piperidine rings is 1. The maximum Gasteiger partial charge on any atom is 0.119 e. The Hall–Kier alpha value is -2.63. The normalized spacial score (nSPS) is 15.6. The van der Waals surface area contributed by atoms with E-state index in [1.54, 1.807) is 6.33 Å². The number of H-pyrrole nitrogens is 1. The van der Waals surface area contributed by atoms with Crippen molar-refractivity contribution >= 4 is 0 Å². The van der Waals surface area contributed by atoms with E-state index in [9.17, 15) is 0 Å². The second-order valence-corrected chi connectivity index (χ2v) is 7.28. The highest BCUT2D eigenvalue weighted by Gasteiger charge is 2.19. The highest BCUT2D eigenvalue weighted by atomic mass is 16.5. The van der Waals surface area contributed by atoms with Gasteiger partial charge in [0.1, 0.15) is 12.4 Å². The summed E-state index contributed by atoms with van der Waals surface area (Å²) in [5.74, 6) is 0.915. The van der Waals surface area contributed by atoms with Crippen molar-refractivity contribution in [2.24, 2.45) is 0 Å². The fourth-order valence-corrected chi connectivity index (χ4v) is 3.50. The number of aromatic amines is 1. The molecule has 0 atom stereocenters. The van der Waals surface area contributed by atoms with Crippen molar-refractivity contribution in [1.29, 1.82) is 0 Å². The van der Waals surface area contributed by atoms with Gasteiger partial charge >= 0.3 is 0 Å². The lowest BCUT2D eigenvalue weighted by atomic mass is 10.1. The molecule has 0 unspecified atom stereocenters. The topological polar surface area (TPSA) is 50.4 Å². The predicted molar refractivity (Wildman–Crippen MR) is 109 cm³/mol. The quantitative estimate of drug-likeness (QED) is 0.640. The van der Waals surface area contributed by atoms with Crippen molar-refractivity contribution < 1.29 is 9.47 Å². The van der Waals surface area contributed by atoms with E-state index < -0.39 is 0 Å². The lowest BCUT2D eigenvalue weighted by Crippen LogP contribution is -2.36. The Kier molecular flexibility index (Phi) is 6.37. The molecule has 5 nitrogen and oxygen atoms in total. The van der Waals surface area contributed by atoms with Crippen molar-refractivity contribution in [3.05, 3.63) is 83.9 Å². The standard InChI is InChI=1S/C23H27N3O2/c1-2-4-20(5-3-1)16-27-22-8-6-19(7-9-22)15-26-12-10-23(11-13-26)28-17-21-14-24-18-25-21/h1-9,14,18,23H,10-13,15-17H2,(H,24,25). The molecule has 0 radical (unpaired) electrons. The first-order valence-corrected chi connectivity index (χ1v) is 9.92. The van der Waals surface area contributed by atoms with Crippen LogP contribution >= 0.6 is 0 Å². The van der Waals surface area contributed by atoms with Crippen LogP contribution in [0.1, 0.15) is 29.7 Å². The molecule has 0 saturated carbocycles. The molecule has 5 heteroatoms. The van der Waals surface area contributed by atoms with Gasteiger partial charge in [0.2, 0.25) is 0 Å². The summed E-state index contributed by atoms with van der Waals surface area (Å²) >= 11 is 0. The van der Waals surface area contributed by atoms with Crippen molar-refractivity contribution in [3.8, 4) is 5.75 Å². The highest BCUT2D eigenvalue weighted by molar-refractivity contribution is 5.27. The van der Waals surface area contributed by atoms with Gasteiger partial charge in [-0.2, -0.15) is 0 Å². The van der Waals surface area contributed by atoms with Crippen LogP contribution in [0.2, 0.25) is 0 Å². The molecule has 1 aromatic heterocycles. The zero-order valence-electron chi connectivity index (χ0n) is 16.1. The third-order valence-corrected chi connectivity index (χ3v) is 5.14. The van der Waals surface area contributed by atoms with E-state index in [4.69, 9.17) is 9.47 Å². The zero-order valence-corrected chi connectivity index (χ0v) is 16.1. The Balaban J connectivity index is 1.18. The Morgan fingerprint density at radius 1 is 0.929 bits per heavy atom. The summed E-state index contributed by atoms with van der Waals surface area (Å²) in [6, 6.07) is 18.7. The van der Waals surface area contributed by atoms with E-state index in [1.165, 1.54) is 11.1 Å². The van der Waals surface area contributed by atoms with Crippen LogP contribution < -0.4 is 4.74 Å². The number of ether oxygens (including phenoxy) is 2. The van der Waals surface area contributed by atoms with Gasteiger partial charge in [0.25, 0.3) is 0 Å². The average molecular weight is 377 g/mol. The number of likely N-dealkylation sites (tertiary alicyclic amines) is 1. The van der Waals surface area contributed by atoms with Crippen LogP contribution in [0.15, 0.2) is 67.1 Å². The number of nitrogens with zero attached hydrogens (tertiary/aromatic N) is 2. The highest BCUT2D eigenvalue weighted by Crippen LogP contribution is 2.19. The first kappa shape index (κ1) is 18.7. The second kappa shape index (κ2) is 9.53. The Morgan fingerprint density at radius 2 is 1.71 bits per heavy atom. The van der Waals surface area contributed by atoms with E-state index in [1.807, 2.05) is 24.4 Å². The predicted octanol–water partition coefficient (Wildman–Crippen LogP) is 4.17. The van der Waals surface area contributed by atoms with E-state index in [0.29, 0.717) is 19.3 Å². The molecule has 1 N–H and O–H groups in total. The van der Waals surface area contributed by atoms with Crippen LogP contribution in [0.5, 0.6) is 5.75 Å². The summed E-state index contributed by atoms with van der Waals surface area (Å²) < 4.78 is 11.9. The molecule has 0 spiro atoms. The number of hydrogen-bond acceptors (Lipinski definition) is 4. The summed E-state index contributed by atoms with van der Waals surface area (Å²) in [5.41, 5.74) is 3.55. The van der Waals surface area contributed by atoms with Crippen molar-refractivity contribution in [1.82, 2.24) is 14.9 Å². The number of benzene rings is 2. The van der Waals surface area contributed by atoms with Gasteiger partial charge in [-0.25, -0.2) is 4.98 Å². The zero-order chi connectivity index (χ0) is 19.0. The summed E-state index contributed by atoms with van der Waals surface area (Å²) in [7, 11) is 0. The van der Waals surface area contributed by atoms with Gasteiger partial charge in [-0.1, -0.05) is 42.5 Å². The molecular weight excluding hydrogens is 350 g/mol. The third kappa shape index (κ3) is 5.44. The fraction of sp³-hybridized carbons (Fsp3) is 0.348. The maximum absolute atomic E-state index is 5.99. The molecule has 3 aromatic rings. The Bertz CT molecular complexity index is 811. The van der Waals surface area contributed by atoms with Crippen LogP contribution in [0.4, 0.5) is 0 Å². The molecule has 2 aromatic carbocycles. The van der Waals surface area contributed by atoms with Crippen molar-refractivity contribution in [3.63, 3.8) is 0 Å².